The van der Waals surface area contributed by atoms with Crippen molar-refractivity contribution in [2.24, 2.45) is 0 Å². The molecule has 2 N–H and O–H groups in total. The van der Waals surface area contributed by atoms with Crippen molar-refractivity contribution in [2.45, 2.75) is 11.3 Å². The van der Waals surface area contributed by atoms with E-state index in [-0.39, 0.29) is 17.9 Å². The Kier molecular flexibility index (Phi) is 8.17. The summed E-state index contributed by atoms with van der Waals surface area (Å²) >= 11 is 3.05. The smallest absolute Gasteiger partial charge is 0.282 e. The fourth-order valence-corrected chi connectivity index (χ4v) is 2.81. The van der Waals surface area contributed by atoms with E-state index in [4.69, 9.17) is 5.11 Å². The molecule has 6 nitrogen and oxygen atoms in total. The lowest BCUT2D eigenvalue weighted by molar-refractivity contribution is -0.385. The minimum absolute atomic E-state index is 0.0900. The quantitative estimate of drug-likeness (QED) is 0.312. The summed E-state index contributed by atoms with van der Waals surface area (Å²) in [6, 6.07) is 4.53. The summed E-state index contributed by atoms with van der Waals surface area (Å²) in [5.74, 6) is 1.11. The number of amides is 1. The number of nitro benzene ring substituents is 1. The number of hydrogen-bond donors (Lipinski definition) is 2. The molecule has 0 spiro atoms. The zero-order valence-corrected chi connectivity index (χ0v) is 13.3. The van der Waals surface area contributed by atoms with Gasteiger partial charge in [-0.15, -0.1) is 11.8 Å². The Morgan fingerprint density at radius 1 is 1.43 bits per heavy atom. The van der Waals surface area contributed by atoms with Crippen LogP contribution in [0.4, 0.5) is 5.69 Å². The van der Waals surface area contributed by atoms with Crippen LogP contribution in [0.3, 0.4) is 0 Å². The highest BCUT2D eigenvalue weighted by Crippen LogP contribution is 2.24. The largest absolute Gasteiger partial charge is 0.396 e. The minimum atomic E-state index is -0.547. The molecule has 116 valence electrons. The van der Waals surface area contributed by atoms with Crippen LogP contribution in [0.15, 0.2) is 23.1 Å². The van der Waals surface area contributed by atoms with Crippen LogP contribution in [0, 0.1) is 10.1 Å². The van der Waals surface area contributed by atoms with Crippen molar-refractivity contribution in [3.8, 4) is 0 Å². The van der Waals surface area contributed by atoms with E-state index in [9.17, 15) is 14.9 Å². The Morgan fingerprint density at radius 3 is 2.81 bits per heavy atom. The summed E-state index contributed by atoms with van der Waals surface area (Å²) in [6.45, 7) is 0.600. The van der Waals surface area contributed by atoms with Gasteiger partial charge in [0.15, 0.2) is 0 Å². The molecule has 0 saturated carbocycles. The lowest BCUT2D eigenvalue weighted by atomic mass is 10.1. The first-order valence-electron chi connectivity index (χ1n) is 6.39. The average Bonchev–Trinajstić information content (AvgIpc) is 2.49. The molecule has 0 atom stereocenters. The number of hydrogen-bond acceptors (Lipinski definition) is 6. The predicted octanol–water partition coefficient (Wildman–Crippen LogP) is 2.16. The van der Waals surface area contributed by atoms with Gasteiger partial charge in [-0.3, -0.25) is 14.9 Å². The number of carbonyl (C=O) groups is 1. The molecule has 0 unspecified atom stereocenters. The first kappa shape index (κ1) is 17.8. The molecule has 0 saturated heterocycles. The molecule has 0 radical (unpaired) electrons. The van der Waals surface area contributed by atoms with Crippen LogP contribution in [-0.4, -0.2) is 46.9 Å². The van der Waals surface area contributed by atoms with Crippen molar-refractivity contribution in [1.29, 1.82) is 0 Å². The molecule has 1 amide bonds. The third-order valence-corrected chi connectivity index (χ3v) is 4.42. The lowest BCUT2D eigenvalue weighted by Gasteiger charge is -2.07. The standard InChI is InChI=1S/C13H18N2O4S2/c1-20-10-3-4-12(15(18)19)11(9-10)13(17)14-5-8-21-7-2-6-16/h3-4,9,16H,2,5-8H2,1H3,(H,14,17). The Balaban J connectivity index is 2.61. The zero-order chi connectivity index (χ0) is 15.7. The number of nitrogens with zero attached hydrogens (tertiary/aromatic N) is 1. The molecule has 0 aliphatic rings. The maximum atomic E-state index is 12.1. The molecule has 1 aromatic carbocycles. The second-order valence-electron chi connectivity index (χ2n) is 4.09. The third kappa shape index (κ3) is 5.94. The number of thioether (sulfide) groups is 2. The van der Waals surface area contributed by atoms with E-state index >= 15 is 0 Å². The van der Waals surface area contributed by atoms with E-state index in [1.165, 1.54) is 23.9 Å². The molecule has 0 heterocycles. The molecule has 1 aromatic rings. The molecule has 0 fully saturated rings. The van der Waals surface area contributed by atoms with E-state index < -0.39 is 10.8 Å². The number of nitrogens with one attached hydrogen (secondary N) is 1. The minimum Gasteiger partial charge on any atom is -0.396 e. The number of aliphatic hydroxyl groups is 1. The summed E-state index contributed by atoms with van der Waals surface area (Å²) < 4.78 is 0. The lowest BCUT2D eigenvalue weighted by Crippen LogP contribution is -2.26. The highest BCUT2D eigenvalue weighted by Gasteiger charge is 2.20. The predicted molar refractivity (Wildman–Crippen MR) is 86.2 cm³/mol. The molecular formula is C13H18N2O4S2. The fourth-order valence-electron chi connectivity index (χ4n) is 1.58. The Bertz CT molecular complexity index is 497. The van der Waals surface area contributed by atoms with Gasteiger partial charge in [0.1, 0.15) is 5.56 Å². The van der Waals surface area contributed by atoms with Crippen molar-refractivity contribution in [1.82, 2.24) is 5.32 Å². The highest BCUT2D eigenvalue weighted by molar-refractivity contribution is 7.99. The topological polar surface area (TPSA) is 92.5 Å². The summed E-state index contributed by atoms with van der Waals surface area (Å²) in [5, 5.41) is 22.3. The molecule has 21 heavy (non-hydrogen) atoms. The summed E-state index contributed by atoms with van der Waals surface area (Å²) in [7, 11) is 0. The van der Waals surface area contributed by atoms with E-state index in [2.05, 4.69) is 5.32 Å². The van der Waals surface area contributed by atoms with Gasteiger partial charge in [0.05, 0.1) is 4.92 Å². The van der Waals surface area contributed by atoms with Crippen LogP contribution in [-0.2, 0) is 0 Å². The van der Waals surface area contributed by atoms with Gasteiger partial charge in [0.25, 0.3) is 11.6 Å². The second-order valence-corrected chi connectivity index (χ2v) is 6.19. The van der Waals surface area contributed by atoms with Crippen LogP contribution < -0.4 is 5.32 Å². The molecule has 0 aliphatic heterocycles. The average molecular weight is 330 g/mol. The number of carbonyl (C=O) groups excluding carboxylic acids is 1. The van der Waals surface area contributed by atoms with Gasteiger partial charge in [-0.05, 0) is 30.6 Å². The van der Waals surface area contributed by atoms with Crippen molar-refractivity contribution in [3.63, 3.8) is 0 Å². The normalized spacial score (nSPS) is 10.4. The Labute approximate surface area is 131 Å². The molecular weight excluding hydrogens is 312 g/mol. The SMILES string of the molecule is CSc1ccc([N+](=O)[O-])c(C(=O)NCCSCCCO)c1. The van der Waals surface area contributed by atoms with Crippen LogP contribution in [0.5, 0.6) is 0 Å². The second kappa shape index (κ2) is 9.64. The van der Waals surface area contributed by atoms with Gasteiger partial charge in [-0.1, -0.05) is 0 Å². The van der Waals surface area contributed by atoms with E-state index in [0.717, 1.165) is 17.1 Å². The van der Waals surface area contributed by atoms with Crippen LogP contribution in [0.25, 0.3) is 0 Å². The first-order valence-corrected chi connectivity index (χ1v) is 8.77. The monoisotopic (exact) mass is 330 g/mol. The number of rotatable bonds is 9. The molecule has 1 rings (SSSR count). The number of benzene rings is 1. The molecule has 8 heteroatoms. The van der Waals surface area contributed by atoms with E-state index in [1.54, 1.807) is 17.8 Å². The van der Waals surface area contributed by atoms with Gasteiger partial charge in [0, 0.05) is 29.9 Å². The molecule has 0 aliphatic carbocycles. The van der Waals surface area contributed by atoms with Crippen LogP contribution >= 0.6 is 23.5 Å². The van der Waals surface area contributed by atoms with Gasteiger partial charge in [-0.25, -0.2) is 0 Å². The van der Waals surface area contributed by atoms with E-state index in [0.29, 0.717) is 12.3 Å². The van der Waals surface area contributed by atoms with Crippen molar-refractivity contribution >= 4 is 35.1 Å². The zero-order valence-electron chi connectivity index (χ0n) is 11.7. The summed E-state index contributed by atoms with van der Waals surface area (Å²) in [6.07, 6.45) is 2.57. The van der Waals surface area contributed by atoms with Gasteiger partial charge in [0.2, 0.25) is 0 Å². The highest BCUT2D eigenvalue weighted by atomic mass is 32.2. The van der Waals surface area contributed by atoms with Gasteiger partial charge < -0.3 is 10.4 Å². The third-order valence-electron chi connectivity index (χ3n) is 2.62. The van der Waals surface area contributed by atoms with Crippen LogP contribution in [0.1, 0.15) is 16.8 Å². The van der Waals surface area contributed by atoms with Crippen LogP contribution in [0.2, 0.25) is 0 Å². The molecule has 0 aromatic heterocycles. The number of nitro groups is 1. The van der Waals surface area contributed by atoms with Crippen molar-refractivity contribution < 1.29 is 14.8 Å². The van der Waals surface area contributed by atoms with Gasteiger partial charge in [-0.2, -0.15) is 11.8 Å². The van der Waals surface area contributed by atoms with Crippen molar-refractivity contribution in [2.75, 3.05) is 30.9 Å². The maximum Gasteiger partial charge on any atom is 0.282 e. The Morgan fingerprint density at radius 2 is 2.19 bits per heavy atom. The summed E-state index contributed by atoms with van der Waals surface area (Å²) in [4.78, 5) is 23.3. The van der Waals surface area contributed by atoms with E-state index in [1.807, 2.05) is 6.26 Å². The Hall–Kier alpha value is -1.25. The van der Waals surface area contributed by atoms with Gasteiger partial charge >= 0.3 is 0 Å². The number of aliphatic hydroxyl groups excluding tert-OH is 1. The van der Waals surface area contributed by atoms with Crippen molar-refractivity contribution in [3.05, 3.63) is 33.9 Å². The fraction of sp³-hybridized carbons (Fsp3) is 0.462. The molecule has 0 bridgehead atoms. The first-order chi connectivity index (χ1) is 10.1. The maximum absolute atomic E-state index is 12.1. The summed E-state index contributed by atoms with van der Waals surface area (Å²) in [5.41, 5.74) is -0.0922.